The summed E-state index contributed by atoms with van der Waals surface area (Å²) in [5.41, 5.74) is 0. The third kappa shape index (κ3) is 6.70. The molecule has 0 N–H and O–H groups in total. The Morgan fingerprint density at radius 3 is 2.33 bits per heavy atom. The van der Waals surface area contributed by atoms with Crippen molar-refractivity contribution in [2.24, 2.45) is 11.8 Å². The zero-order valence-electron chi connectivity index (χ0n) is 9.72. The summed E-state index contributed by atoms with van der Waals surface area (Å²) >= 11 is 0. The molecule has 0 aromatic heterocycles. The van der Waals surface area contributed by atoms with Crippen LogP contribution in [-0.2, 0) is 4.79 Å². The predicted molar refractivity (Wildman–Crippen MR) is 67.0 cm³/mol. The second kappa shape index (κ2) is 7.90. The number of ketones is 1. The second-order valence-electron chi connectivity index (χ2n) is 5.18. The smallest absolute Gasteiger partial charge is 0.133 e. The third-order valence-electron chi connectivity index (χ3n) is 3.24. The van der Waals surface area contributed by atoms with E-state index >= 15 is 0 Å². The van der Waals surface area contributed by atoms with Gasteiger partial charge in [-0.15, -0.1) is 0 Å². The van der Waals surface area contributed by atoms with Crippen LogP contribution >= 0.6 is 0 Å². The van der Waals surface area contributed by atoms with Gasteiger partial charge in [0.1, 0.15) is 5.78 Å². The zero-order valence-corrected chi connectivity index (χ0v) is 9.72. The van der Waals surface area contributed by atoms with E-state index in [9.17, 15) is 4.79 Å². The number of carbonyl (C=O) groups is 1. The minimum absolute atomic E-state index is 0. The van der Waals surface area contributed by atoms with Gasteiger partial charge in [0.25, 0.3) is 0 Å². The van der Waals surface area contributed by atoms with Crippen LogP contribution in [-0.4, -0.2) is 5.78 Å². The fraction of sp³-hybridized carbons (Fsp3) is 0.929. The van der Waals surface area contributed by atoms with Crippen molar-refractivity contribution in [2.75, 3.05) is 0 Å². The van der Waals surface area contributed by atoms with Crippen molar-refractivity contribution in [3.05, 3.63) is 0 Å². The maximum atomic E-state index is 11.6. The van der Waals surface area contributed by atoms with E-state index in [2.05, 4.69) is 13.8 Å². The molecule has 1 aliphatic rings. The quantitative estimate of drug-likeness (QED) is 0.651. The first-order valence-electron chi connectivity index (χ1n) is 6.20. The average molecular weight is 212 g/mol. The van der Waals surface area contributed by atoms with E-state index < -0.39 is 0 Å². The molecule has 1 fully saturated rings. The Bertz CT molecular complexity index is 166. The Labute approximate surface area is 95.6 Å². The lowest BCUT2D eigenvalue weighted by molar-refractivity contribution is -0.120. The van der Waals surface area contributed by atoms with Crippen molar-refractivity contribution in [1.82, 2.24) is 0 Å². The zero-order chi connectivity index (χ0) is 10.4. The van der Waals surface area contributed by atoms with Crippen LogP contribution < -0.4 is 0 Å². The molecule has 0 heterocycles. The van der Waals surface area contributed by atoms with Gasteiger partial charge in [-0.1, -0.05) is 53.4 Å². The van der Waals surface area contributed by atoms with Crippen LogP contribution in [0.4, 0.5) is 0 Å². The lowest BCUT2D eigenvalue weighted by atomic mass is 9.85. The molecule has 15 heavy (non-hydrogen) atoms. The van der Waals surface area contributed by atoms with Gasteiger partial charge >= 0.3 is 0 Å². The molecule has 0 aromatic carbocycles. The molecule has 0 aromatic rings. The summed E-state index contributed by atoms with van der Waals surface area (Å²) in [5.74, 6) is 1.90. The number of carbonyl (C=O) groups excluding carboxylic acids is 1. The van der Waals surface area contributed by atoms with Crippen LogP contribution in [0, 0.1) is 11.8 Å². The monoisotopic (exact) mass is 212 g/mol. The topological polar surface area (TPSA) is 17.1 Å². The van der Waals surface area contributed by atoms with Crippen LogP contribution in [0.15, 0.2) is 0 Å². The highest BCUT2D eigenvalue weighted by atomic mass is 16.1. The van der Waals surface area contributed by atoms with E-state index in [1.54, 1.807) is 0 Å². The first kappa shape index (κ1) is 14.7. The Morgan fingerprint density at radius 1 is 1.20 bits per heavy atom. The Morgan fingerprint density at radius 2 is 1.80 bits per heavy atom. The third-order valence-corrected chi connectivity index (χ3v) is 3.24. The fourth-order valence-corrected chi connectivity index (χ4v) is 2.26. The van der Waals surface area contributed by atoms with Crippen LogP contribution in [0.2, 0.25) is 0 Å². The summed E-state index contributed by atoms with van der Waals surface area (Å²) in [6.45, 7) is 4.38. The van der Waals surface area contributed by atoms with Crippen LogP contribution in [0.3, 0.4) is 0 Å². The number of hydrogen-bond donors (Lipinski definition) is 0. The number of Topliss-reactive ketones (excluding diaryl/α,β-unsaturated/α-hetero) is 1. The maximum absolute atomic E-state index is 11.6. The van der Waals surface area contributed by atoms with Crippen molar-refractivity contribution < 1.29 is 4.79 Å². The standard InChI is InChI=1S/C13H24O.CH4/c1-11(2)8-9-13(14)10-12-6-4-3-5-7-12;/h11-12H,3-10H2,1-2H3;1H4. The summed E-state index contributed by atoms with van der Waals surface area (Å²) in [6.07, 6.45) is 9.44. The molecule has 1 nitrogen and oxygen atoms in total. The Hall–Kier alpha value is -0.330. The maximum Gasteiger partial charge on any atom is 0.133 e. The molecule has 0 amide bonds. The van der Waals surface area contributed by atoms with E-state index in [0.29, 0.717) is 11.7 Å². The van der Waals surface area contributed by atoms with Gasteiger partial charge < -0.3 is 0 Å². The van der Waals surface area contributed by atoms with Crippen molar-refractivity contribution in [1.29, 1.82) is 0 Å². The largest absolute Gasteiger partial charge is 0.300 e. The summed E-state index contributed by atoms with van der Waals surface area (Å²) < 4.78 is 0. The molecule has 0 aliphatic heterocycles. The Balaban J connectivity index is 0.00000196. The molecule has 1 aliphatic carbocycles. The van der Waals surface area contributed by atoms with Crippen molar-refractivity contribution in [3.8, 4) is 0 Å². The van der Waals surface area contributed by atoms with E-state index in [1.807, 2.05) is 0 Å². The molecule has 90 valence electrons. The average Bonchev–Trinajstić information content (AvgIpc) is 2.16. The molecular formula is C14H28O. The van der Waals surface area contributed by atoms with Crippen LogP contribution in [0.25, 0.3) is 0 Å². The van der Waals surface area contributed by atoms with Gasteiger partial charge in [-0.05, 0) is 18.3 Å². The van der Waals surface area contributed by atoms with Gasteiger partial charge in [0.05, 0.1) is 0 Å². The molecule has 1 heteroatoms. The van der Waals surface area contributed by atoms with Gasteiger partial charge in [0, 0.05) is 12.8 Å². The van der Waals surface area contributed by atoms with Gasteiger partial charge in [-0.2, -0.15) is 0 Å². The molecule has 0 radical (unpaired) electrons. The van der Waals surface area contributed by atoms with Crippen molar-refractivity contribution >= 4 is 5.78 Å². The highest BCUT2D eigenvalue weighted by Crippen LogP contribution is 2.27. The van der Waals surface area contributed by atoms with Gasteiger partial charge in [-0.25, -0.2) is 0 Å². The van der Waals surface area contributed by atoms with Crippen molar-refractivity contribution in [2.45, 2.75) is 72.6 Å². The normalized spacial score (nSPS) is 17.5. The van der Waals surface area contributed by atoms with E-state index in [4.69, 9.17) is 0 Å². The van der Waals surface area contributed by atoms with Gasteiger partial charge in [0.2, 0.25) is 0 Å². The minimum Gasteiger partial charge on any atom is -0.300 e. The molecule has 1 rings (SSSR count). The minimum atomic E-state index is 0. The summed E-state index contributed by atoms with van der Waals surface area (Å²) in [7, 11) is 0. The van der Waals surface area contributed by atoms with E-state index in [0.717, 1.165) is 25.2 Å². The molecule has 0 unspecified atom stereocenters. The summed E-state index contributed by atoms with van der Waals surface area (Å²) in [5, 5.41) is 0. The van der Waals surface area contributed by atoms with E-state index in [1.165, 1.54) is 32.1 Å². The van der Waals surface area contributed by atoms with Gasteiger partial charge in [0.15, 0.2) is 0 Å². The summed E-state index contributed by atoms with van der Waals surface area (Å²) in [4.78, 5) is 11.6. The lowest BCUT2D eigenvalue weighted by Gasteiger charge is -2.20. The first-order chi connectivity index (χ1) is 6.68. The molecule has 0 bridgehead atoms. The fourth-order valence-electron chi connectivity index (χ4n) is 2.26. The SMILES string of the molecule is C.CC(C)CCC(=O)CC1CCCCC1. The predicted octanol–water partition coefficient (Wildman–Crippen LogP) is 4.60. The first-order valence-corrected chi connectivity index (χ1v) is 6.20. The second-order valence-corrected chi connectivity index (χ2v) is 5.18. The molecule has 0 atom stereocenters. The number of hydrogen-bond acceptors (Lipinski definition) is 1. The molecular weight excluding hydrogens is 184 g/mol. The van der Waals surface area contributed by atoms with Crippen LogP contribution in [0.1, 0.15) is 72.6 Å². The number of rotatable bonds is 5. The van der Waals surface area contributed by atoms with E-state index in [-0.39, 0.29) is 7.43 Å². The highest BCUT2D eigenvalue weighted by molar-refractivity contribution is 5.78. The highest BCUT2D eigenvalue weighted by Gasteiger charge is 2.16. The lowest BCUT2D eigenvalue weighted by Crippen LogP contribution is -2.12. The summed E-state index contributed by atoms with van der Waals surface area (Å²) in [6, 6.07) is 0. The molecule has 0 saturated heterocycles. The van der Waals surface area contributed by atoms with Gasteiger partial charge in [-0.3, -0.25) is 4.79 Å². The Kier molecular flexibility index (Phi) is 7.72. The molecule has 0 spiro atoms. The van der Waals surface area contributed by atoms with Crippen molar-refractivity contribution in [3.63, 3.8) is 0 Å². The molecule has 1 saturated carbocycles. The van der Waals surface area contributed by atoms with Crippen LogP contribution in [0.5, 0.6) is 0 Å².